The SMILES string of the molecule is CC(C)C1CN(c2cnc3ccccc3n2)CCN1C(=N)N(C#N)c1ccccc1OC(F)(F)F. The highest BCUT2D eigenvalue weighted by Gasteiger charge is 2.36. The molecule has 4 rings (SSSR count). The maximum absolute atomic E-state index is 12.9. The molecule has 3 aromatic rings. The second kappa shape index (κ2) is 9.66. The molecule has 35 heavy (non-hydrogen) atoms. The van der Waals surface area contributed by atoms with Gasteiger partial charge >= 0.3 is 6.36 Å². The third-order valence-corrected chi connectivity index (χ3v) is 5.86. The highest BCUT2D eigenvalue weighted by Crippen LogP contribution is 2.34. The third-order valence-electron chi connectivity index (χ3n) is 5.86. The maximum Gasteiger partial charge on any atom is 0.573 e. The van der Waals surface area contributed by atoms with Crippen LogP contribution in [-0.4, -0.2) is 52.9 Å². The van der Waals surface area contributed by atoms with Gasteiger partial charge in [0.05, 0.1) is 23.3 Å². The van der Waals surface area contributed by atoms with Crippen molar-refractivity contribution in [3.05, 3.63) is 54.7 Å². The van der Waals surface area contributed by atoms with Crippen molar-refractivity contribution in [2.75, 3.05) is 29.4 Å². The average molecular weight is 483 g/mol. The summed E-state index contributed by atoms with van der Waals surface area (Å²) in [4.78, 5) is 13.9. The summed E-state index contributed by atoms with van der Waals surface area (Å²) in [5.74, 6) is 0.0292. The van der Waals surface area contributed by atoms with E-state index < -0.39 is 12.1 Å². The number of nitriles is 1. The predicted octanol–water partition coefficient (Wildman–Crippen LogP) is 4.60. The average Bonchev–Trinajstić information content (AvgIpc) is 2.83. The Hall–Kier alpha value is -4.07. The first-order valence-corrected chi connectivity index (χ1v) is 11.0. The highest BCUT2D eigenvalue weighted by molar-refractivity contribution is 5.98. The Kier molecular flexibility index (Phi) is 6.64. The van der Waals surface area contributed by atoms with Crippen molar-refractivity contribution in [1.29, 1.82) is 10.7 Å². The van der Waals surface area contributed by atoms with Gasteiger partial charge in [-0.05, 0) is 30.2 Å². The number of benzene rings is 2. The Morgan fingerprint density at radius 1 is 1.14 bits per heavy atom. The van der Waals surface area contributed by atoms with Gasteiger partial charge in [-0.25, -0.2) is 9.88 Å². The second-order valence-corrected chi connectivity index (χ2v) is 8.44. The zero-order valence-corrected chi connectivity index (χ0v) is 19.2. The van der Waals surface area contributed by atoms with Gasteiger partial charge in [0, 0.05) is 19.6 Å². The fraction of sp³-hybridized carbons (Fsp3) is 0.333. The van der Waals surface area contributed by atoms with Crippen molar-refractivity contribution in [1.82, 2.24) is 14.9 Å². The topological polar surface area (TPSA) is 92.4 Å². The van der Waals surface area contributed by atoms with Gasteiger partial charge in [-0.1, -0.05) is 38.1 Å². The van der Waals surface area contributed by atoms with Crippen molar-refractivity contribution in [3.63, 3.8) is 0 Å². The molecule has 0 amide bonds. The third kappa shape index (κ3) is 5.21. The first kappa shape index (κ1) is 24.1. The molecule has 1 aromatic heterocycles. The minimum Gasteiger partial charge on any atom is -0.404 e. The molecule has 0 aliphatic carbocycles. The van der Waals surface area contributed by atoms with Crippen molar-refractivity contribution in [2.45, 2.75) is 26.3 Å². The van der Waals surface area contributed by atoms with Gasteiger partial charge in [0.25, 0.3) is 0 Å². The zero-order chi connectivity index (χ0) is 25.2. The largest absolute Gasteiger partial charge is 0.573 e. The molecule has 0 saturated carbocycles. The van der Waals surface area contributed by atoms with Crippen LogP contribution in [0.2, 0.25) is 0 Å². The lowest BCUT2D eigenvalue weighted by atomic mass is 9.99. The van der Waals surface area contributed by atoms with E-state index in [2.05, 4.69) is 14.6 Å². The van der Waals surface area contributed by atoms with Crippen molar-refractivity contribution in [2.24, 2.45) is 5.92 Å². The number of piperazine rings is 1. The molecule has 1 atom stereocenters. The normalized spacial score (nSPS) is 16.3. The minimum atomic E-state index is -4.92. The monoisotopic (exact) mass is 483 g/mol. The Balaban J connectivity index is 1.59. The molecule has 0 spiro atoms. The Bertz CT molecular complexity index is 1260. The molecule has 8 nitrogen and oxygen atoms in total. The number of hydrogen-bond donors (Lipinski definition) is 1. The highest BCUT2D eigenvalue weighted by atomic mass is 19.4. The van der Waals surface area contributed by atoms with Gasteiger partial charge in [0.1, 0.15) is 11.5 Å². The summed E-state index contributed by atoms with van der Waals surface area (Å²) in [5.41, 5.74) is 1.42. The first-order valence-electron chi connectivity index (χ1n) is 11.0. The lowest BCUT2D eigenvalue weighted by Gasteiger charge is -2.45. The number of nitrogens with zero attached hydrogens (tertiary/aromatic N) is 6. The van der Waals surface area contributed by atoms with E-state index in [1.165, 1.54) is 18.2 Å². The van der Waals surface area contributed by atoms with Crippen LogP contribution in [0.5, 0.6) is 5.75 Å². The predicted molar refractivity (Wildman–Crippen MR) is 126 cm³/mol. The molecular formula is C24H24F3N7O. The van der Waals surface area contributed by atoms with Crippen LogP contribution in [0.4, 0.5) is 24.7 Å². The van der Waals surface area contributed by atoms with Crippen LogP contribution >= 0.6 is 0 Å². The van der Waals surface area contributed by atoms with Crippen molar-refractivity contribution < 1.29 is 17.9 Å². The number of para-hydroxylation sites is 4. The van der Waals surface area contributed by atoms with E-state index in [4.69, 9.17) is 10.4 Å². The first-order chi connectivity index (χ1) is 16.7. The van der Waals surface area contributed by atoms with Crippen LogP contribution in [-0.2, 0) is 0 Å². The summed E-state index contributed by atoms with van der Waals surface area (Å²) in [6.07, 6.45) is -1.36. The summed E-state index contributed by atoms with van der Waals surface area (Å²) in [5, 5.41) is 18.6. The number of halogens is 3. The van der Waals surface area contributed by atoms with E-state index in [1.807, 2.05) is 44.3 Å². The number of rotatable bonds is 4. The maximum atomic E-state index is 12.9. The summed E-state index contributed by atoms with van der Waals surface area (Å²) in [7, 11) is 0. The smallest absolute Gasteiger partial charge is 0.404 e. The second-order valence-electron chi connectivity index (χ2n) is 8.44. The summed E-state index contributed by atoms with van der Waals surface area (Å²) in [6.45, 7) is 5.37. The fourth-order valence-electron chi connectivity index (χ4n) is 4.15. The van der Waals surface area contributed by atoms with Gasteiger partial charge in [-0.2, -0.15) is 5.26 Å². The van der Waals surface area contributed by atoms with Gasteiger partial charge in [-0.3, -0.25) is 10.4 Å². The quantitative estimate of drug-likeness (QED) is 0.251. The van der Waals surface area contributed by atoms with Crippen LogP contribution in [0.1, 0.15) is 13.8 Å². The Morgan fingerprint density at radius 2 is 1.83 bits per heavy atom. The van der Waals surface area contributed by atoms with Crippen LogP contribution in [0.3, 0.4) is 0 Å². The number of guanidine groups is 1. The molecule has 0 bridgehead atoms. The number of anilines is 2. The van der Waals surface area contributed by atoms with E-state index in [0.29, 0.717) is 25.5 Å². The number of ether oxygens (including phenoxy) is 1. The van der Waals surface area contributed by atoms with Crippen LogP contribution < -0.4 is 14.5 Å². The molecule has 182 valence electrons. The minimum absolute atomic E-state index is 0.0776. The lowest BCUT2D eigenvalue weighted by Crippen LogP contribution is -2.60. The van der Waals surface area contributed by atoms with Crippen LogP contribution in [0.25, 0.3) is 11.0 Å². The summed E-state index contributed by atoms with van der Waals surface area (Å²) >= 11 is 0. The number of fused-ring (bicyclic) bond motifs is 1. The zero-order valence-electron chi connectivity index (χ0n) is 19.2. The van der Waals surface area contributed by atoms with Crippen LogP contribution in [0, 0.1) is 22.8 Å². The van der Waals surface area contributed by atoms with Crippen LogP contribution in [0.15, 0.2) is 54.7 Å². The molecule has 1 aliphatic heterocycles. The Labute approximate surface area is 200 Å². The van der Waals surface area contributed by atoms with E-state index in [9.17, 15) is 18.4 Å². The van der Waals surface area contributed by atoms with Crippen molar-refractivity contribution in [3.8, 4) is 11.9 Å². The van der Waals surface area contributed by atoms with Gasteiger partial charge < -0.3 is 14.5 Å². The molecule has 2 aromatic carbocycles. The summed E-state index contributed by atoms with van der Waals surface area (Å²) < 4.78 is 42.8. The van der Waals surface area contributed by atoms with E-state index in [1.54, 1.807) is 11.1 Å². The fourth-order valence-corrected chi connectivity index (χ4v) is 4.15. The van der Waals surface area contributed by atoms with Crippen molar-refractivity contribution >= 4 is 28.5 Å². The van der Waals surface area contributed by atoms with Gasteiger partial charge in [0.15, 0.2) is 11.9 Å². The molecular weight excluding hydrogens is 459 g/mol. The lowest BCUT2D eigenvalue weighted by molar-refractivity contribution is -0.274. The van der Waals surface area contributed by atoms with Gasteiger partial charge in [-0.15, -0.1) is 13.2 Å². The van der Waals surface area contributed by atoms with E-state index in [-0.39, 0.29) is 23.6 Å². The molecule has 11 heteroatoms. The van der Waals surface area contributed by atoms with E-state index in [0.717, 1.165) is 22.0 Å². The number of alkyl halides is 3. The molecule has 1 fully saturated rings. The summed E-state index contributed by atoms with van der Waals surface area (Å²) in [6, 6.07) is 12.7. The van der Waals surface area contributed by atoms with E-state index >= 15 is 0 Å². The molecule has 1 saturated heterocycles. The Morgan fingerprint density at radius 3 is 2.51 bits per heavy atom. The molecule has 1 aliphatic rings. The molecule has 0 radical (unpaired) electrons. The molecule has 2 heterocycles. The number of hydrogen-bond acceptors (Lipinski definition) is 6. The standard InChI is InChI=1S/C24H24F3N7O/c1-16(2)20-14-32(22-13-30-17-7-3-4-8-18(17)31-22)11-12-33(20)23(29)34(15-28)19-9-5-6-10-21(19)35-24(25,26)27/h3-10,13,16,20,29H,11-12,14H2,1-2H3. The molecule has 1 unspecified atom stereocenters. The number of aromatic nitrogens is 2. The molecule has 1 N–H and O–H groups in total. The number of nitrogens with one attached hydrogen (secondary N) is 1. The van der Waals surface area contributed by atoms with Gasteiger partial charge in [0.2, 0.25) is 5.96 Å².